The minimum Gasteiger partial charge on any atom is -0.378 e. The molecule has 1 saturated heterocycles. The van der Waals surface area contributed by atoms with Gasteiger partial charge in [0.05, 0.1) is 24.9 Å². The van der Waals surface area contributed by atoms with Crippen molar-refractivity contribution < 1.29 is 9.47 Å². The molecule has 2 atom stereocenters. The second-order valence-corrected chi connectivity index (χ2v) is 7.51. The van der Waals surface area contributed by atoms with Crippen molar-refractivity contribution in [1.82, 2.24) is 4.90 Å². The van der Waals surface area contributed by atoms with Crippen LogP contribution in [0.5, 0.6) is 0 Å². The van der Waals surface area contributed by atoms with E-state index in [2.05, 4.69) is 35.6 Å². The lowest BCUT2D eigenvalue weighted by molar-refractivity contribution is -0.146. The van der Waals surface area contributed by atoms with Gasteiger partial charge < -0.3 is 9.47 Å². The Morgan fingerprint density at radius 3 is 3.19 bits per heavy atom. The van der Waals surface area contributed by atoms with Gasteiger partial charge in [0.15, 0.2) is 0 Å². The maximum absolute atomic E-state index is 6.30. The van der Waals surface area contributed by atoms with Gasteiger partial charge in [0, 0.05) is 25.6 Å². The Morgan fingerprint density at radius 2 is 2.43 bits per heavy atom. The van der Waals surface area contributed by atoms with Gasteiger partial charge in [-0.15, -0.1) is 0 Å². The molecular formula is C17H27NO2S. The van der Waals surface area contributed by atoms with Gasteiger partial charge in [0.1, 0.15) is 0 Å². The average Bonchev–Trinajstić information content (AvgIpc) is 3.07. The van der Waals surface area contributed by atoms with Crippen molar-refractivity contribution in [3.05, 3.63) is 22.4 Å². The molecule has 1 aliphatic carbocycles. The van der Waals surface area contributed by atoms with Crippen LogP contribution in [-0.2, 0) is 16.0 Å². The highest BCUT2D eigenvalue weighted by atomic mass is 32.1. The van der Waals surface area contributed by atoms with Crippen molar-refractivity contribution in [3.8, 4) is 0 Å². The summed E-state index contributed by atoms with van der Waals surface area (Å²) in [6, 6.07) is 2.24. The van der Waals surface area contributed by atoms with Crippen LogP contribution in [0.2, 0.25) is 0 Å². The lowest BCUT2D eigenvalue weighted by atomic mass is 9.89. The summed E-state index contributed by atoms with van der Waals surface area (Å²) in [7, 11) is 0. The van der Waals surface area contributed by atoms with Crippen molar-refractivity contribution in [3.63, 3.8) is 0 Å². The van der Waals surface area contributed by atoms with Crippen LogP contribution in [0.4, 0.5) is 0 Å². The minimum absolute atomic E-state index is 0.0448. The van der Waals surface area contributed by atoms with E-state index >= 15 is 0 Å². The molecule has 3 nitrogen and oxygen atoms in total. The second kappa shape index (κ2) is 6.78. The van der Waals surface area contributed by atoms with Gasteiger partial charge >= 0.3 is 0 Å². The zero-order valence-electron chi connectivity index (χ0n) is 13.2. The summed E-state index contributed by atoms with van der Waals surface area (Å²) < 4.78 is 12.2. The zero-order chi connectivity index (χ0) is 14.7. The summed E-state index contributed by atoms with van der Waals surface area (Å²) in [6.07, 6.45) is 4.03. The largest absolute Gasteiger partial charge is 0.378 e. The number of thiophene rings is 1. The second-order valence-electron chi connectivity index (χ2n) is 6.73. The van der Waals surface area contributed by atoms with Crippen molar-refractivity contribution in [2.75, 3.05) is 26.3 Å². The third-order valence-corrected chi connectivity index (χ3v) is 5.53. The number of morpholine rings is 1. The van der Waals surface area contributed by atoms with Crippen molar-refractivity contribution in [2.45, 2.75) is 51.4 Å². The van der Waals surface area contributed by atoms with Crippen molar-refractivity contribution in [2.24, 2.45) is 5.92 Å². The molecule has 0 unspecified atom stereocenters. The number of rotatable bonds is 5. The molecule has 0 aromatic carbocycles. The molecule has 2 aliphatic rings. The van der Waals surface area contributed by atoms with E-state index in [-0.39, 0.29) is 5.60 Å². The molecule has 1 aromatic heterocycles. The number of hydrogen-bond acceptors (Lipinski definition) is 4. The first-order valence-corrected chi connectivity index (χ1v) is 9.11. The highest BCUT2D eigenvalue weighted by Gasteiger charge is 2.46. The van der Waals surface area contributed by atoms with Crippen LogP contribution in [0.25, 0.3) is 0 Å². The SMILES string of the molecule is CC(C)OC[C@@H]1CCC[C@@]12CN(Cc1ccsc1)CCO2. The number of ether oxygens (including phenoxy) is 2. The molecule has 1 aromatic rings. The smallest absolute Gasteiger partial charge is 0.0859 e. The first-order chi connectivity index (χ1) is 10.2. The Morgan fingerprint density at radius 1 is 1.52 bits per heavy atom. The third-order valence-electron chi connectivity index (χ3n) is 4.80. The van der Waals surface area contributed by atoms with Crippen LogP contribution in [0.1, 0.15) is 38.7 Å². The molecule has 0 N–H and O–H groups in total. The van der Waals surface area contributed by atoms with Crippen LogP contribution < -0.4 is 0 Å². The average molecular weight is 309 g/mol. The lowest BCUT2D eigenvalue weighted by Crippen LogP contribution is -2.54. The van der Waals surface area contributed by atoms with Gasteiger partial charge in [-0.2, -0.15) is 11.3 Å². The molecule has 118 valence electrons. The predicted octanol–water partition coefficient (Wildman–Crippen LogP) is 3.54. The van der Waals surface area contributed by atoms with Gasteiger partial charge in [-0.1, -0.05) is 6.42 Å². The molecule has 2 heterocycles. The van der Waals surface area contributed by atoms with Gasteiger partial charge in [-0.05, 0) is 49.1 Å². The topological polar surface area (TPSA) is 21.7 Å². The molecule has 3 rings (SSSR count). The Bertz CT molecular complexity index is 434. The summed E-state index contributed by atoms with van der Waals surface area (Å²) >= 11 is 1.79. The Hall–Kier alpha value is -0.420. The maximum atomic E-state index is 6.30. The molecule has 0 amide bonds. The highest BCUT2D eigenvalue weighted by molar-refractivity contribution is 7.07. The van der Waals surface area contributed by atoms with E-state index in [9.17, 15) is 0 Å². The normalized spacial score (nSPS) is 30.5. The molecule has 4 heteroatoms. The van der Waals surface area contributed by atoms with Crippen molar-refractivity contribution in [1.29, 1.82) is 0 Å². The van der Waals surface area contributed by atoms with E-state index in [1.807, 2.05) is 0 Å². The standard InChI is InChI=1S/C17H27NO2S/c1-14(2)19-11-16-4-3-6-17(16)13-18(7-8-20-17)10-15-5-9-21-12-15/h5,9,12,14,16H,3-4,6-8,10-11,13H2,1-2H3/t16-,17+/m0/s1. The summed E-state index contributed by atoms with van der Waals surface area (Å²) in [5, 5.41) is 4.43. The molecule has 2 fully saturated rings. The lowest BCUT2D eigenvalue weighted by Gasteiger charge is -2.44. The summed E-state index contributed by atoms with van der Waals surface area (Å²) in [4.78, 5) is 2.57. The van der Waals surface area contributed by atoms with Crippen LogP contribution in [0, 0.1) is 5.92 Å². The van der Waals surface area contributed by atoms with E-state index < -0.39 is 0 Å². The van der Waals surface area contributed by atoms with Gasteiger partial charge in [0.2, 0.25) is 0 Å². The van der Waals surface area contributed by atoms with Crippen molar-refractivity contribution >= 4 is 11.3 Å². The molecular weight excluding hydrogens is 282 g/mol. The number of hydrogen-bond donors (Lipinski definition) is 0. The van der Waals surface area contributed by atoms with Gasteiger partial charge in [-0.25, -0.2) is 0 Å². The third kappa shape index (κ3) is 3.67. The van der Waals surface area contributed by atoms with Crippen LogP contribution in [0.15, 0.2) is 16.8 Å². The maximum Gasteiger partial charge on any atom is 0.0859 e. The van der Waals surface area contributed by atoms with E-state index in [1.54, 1.807) is 11.3 Å². The van der Waals surface area contributed by atoms with Crippen LogP contribution >= 0.6 is 11.3 Å². The fourth-order valence-corrected chi connectivity index (χ4v) is 4.37. The van der Waals surface area contributed by atoms with Gasteiger partial charge in [-0.3, -0.25) is 4.90 Å². The van der Waals surface area contributed by atoms with Gasteiger partial charge in [0.25, 0.3) is 0 Å². The Labute approximate surface area is 132 Å². The van der Waals surface area contributed by atoms with Crippen LogP contribution in [0.3, 0.4) is 0 Å². The van der Waals surface area contributed by atoms with Crippen LogP contribution in [-0.4, -0.2) is 42.9 Å². The molecule has 0 radical (unpaired) electrons. The Balaban J connectivity index is 1.62. The Kier molecular flexibility index (Phi) is 4.99. The summed E-state index contributed by atoms with van der Waals surface area (Å²) in [5.41, 5.74) is 1.48. The molecule has 1 aliphatic heterocycles. The van der Waals surface area contributed by atoms with E-state index in [0.717, 1.165) is 32.8 Å². The fourth-order valence-electron chi connectivity index (χ4n) is 3.71. The predicted molar refractivity (Wildman–Crippen MR) is 86.7 cm³/mol. The van der Waals surface area contributed by atoms with E-state index in [1.165, 1.54) is 24.8 Å². The highest BCUT2D eigenvalue weighted by Crippen LogP contribution is 2.41. The first kappa shape index (κ1) is 15.5. The monoisotopic (exact) mass is 309 g/mol. The molecule has 21 heavy (non-hydrogen) atoms. The van der Waals surface area contributed by atoms with E-state index in [0.29, 0.717) is 12.0 Å². The fraction of sp³-hybridized carbons (Fsp3) is 0.765. The molecule has 1 saturated carbocycles. The van der Waals surface area contributed by atoms with E-state index in [4.69, 9.17) is 9.47 Å². The first-order valence-electron chi connectivity index (χ1n) is 8.17. The molecule has 0 bridgehead atoms. The summed E-state index contributed by atoms with van der Waals surface area (Å²) in [6.45, 7) is 9.13. The minimum atomic E-state index is 0.0448. The summed E-state index contributed by atoms with van der Waals surface area (Å²) in [5.74, 6) is 0.560. The zero-order valence-corrected chi connectivity index (χ0v) is 14.0. The quantitative estimate of drug-likeness (QED) is 0.830. The number of nitrogens with zero attached hydrogens (tertiary/aromatic N) is 1. The molecule has 1 spiro atoms.